The van der Waals surface area contributed by atoms with Gasteiger partial charge in [0.25, 0.3) is 0 Å². The molecule has 2 nitrogen and oxygen atoms in total. The topological polar surface area (TPSA) is 26.3 Å². The summed E-state index contributed by atoms with van der Waals surface area (Å²) in [5.74, 6) is -3.74. The maximum Gasteiger partial charge on any atom is 0.349 e. The van der Waals surface area contributed by atoms with Gasteiger partial charge in [0, 0.05) is 5.92 Å². The molecule has 2 aromatic carbocycles. The number of carbonyl (C=O) groups is 1. The Morgan fingerprint density at radius 3 is 2.33 bits per heavy atom. The van der Waals surface area contributed by atoms with E-state index in [1.165, 1.54) is 49.1 Å². The fourth-order valence-electron chi connectivity index (χ4n) is 3.52. The van der Waals surface area contributed by atoms with Crippen molar-refractivity contribution in [2.45, 2.75) is 51.4 Å². The van der Waals surface area contributed by atoms with Crippen LogP contribution in [0.15, 0.2) is 60.2 Å². The lowest BCUT2D eigenvalue weighted by Gasteiger charge is -2.18. The maximum absolute atomic E-state index is 14.6. The van der Waals surface area contributed by atoms with E-state index in [4.69, 9.17) is 4.74 Å². The molecule has 1 aliphatic rings. The number of esters is 1. The minimum absolute atomic E-state index is 0.0103. The normalized spacial score (nSPS) is 15.7. The van der Waals surface area contributed by atoms with Gasteiger partial charge < -0.3 is 4.74 Å². The molecule has 30 heavy (non-hydrogen) atoms. The minimum Gasteiger partial charge on any atom is -0.423 e. The van der Waals surface area contributed by atoms with Crippen LogP contribution in [0.5, 0.6) is 5.75 Å². The molecular weight excluding hydrogens is 389 g/mol. The van der Waals surface area contributed by atoms with Crippen molar-refractivity contribution in [2.24, 2.45) is 0 Å². The predicted molar refractivity (Wildman–Crippen MR) is 111 cm³/mol. The summed E-state index contributed by atoms with van der Waals surface area (Å²) in [4.78, 5) is 12.2. The van der Waals surface area contributed by atoms with E-state index in [0.717, 1.165) is 25.0 Å². The predicted octanol–water partition coefficient (Wildman–Crippen LogP) is 7.26. The molecule has 158 valence electrons. The molecule has 0 N–H and O–H groups in total. The highest BCUT2D eigenvalue weighted by Gasteiger charge is 2.23. The van der Waals surface area contributed by atoms with Gasteiger partial charge in [0.2, 0.25) is 0 Å². The van der Waals surface area contributed by atoms with E-state index in [1.54, 1.807) is 0 Å². The molecule has 0 heterocycles. The number of rotatable bonds is 8. The Labute approximate surface area is 175 Å². The fraction of sp³-hybridized carbons (Fsp3) is 0.320. The van der Waals surface area contributed by atoms with Gasteiger partial charge in [-0.2, -0.15) is 0 Å². The molecule has 5 heteroatoms. The first-order chi connectivity index (χ1) is 14.5. The zero-order valence-corrected chi connectivity index (χ0v) is 17.0. The van der Waals surface area contributed by atoms with Crippen molar-refractivity contribution in [3.05, 3.63) is 88.8 Å². The third-order valence-electron chi connectivity index (χ3n) is 5.22. The monoisotopic (exact) mass is 414 g/mol. The summed E-state index contributed by atoms with van der Waals surface area (Å²) in [6.45, 7) is 2.18. The molecule has 1 aliphatic carbocycles. The van der Waals surface area contributed by atoms with Crippen LogP contribution in [-0.4, -0.2) is 5.97 Å². The second-order valence-electron chi connectivity index (χ2n) is 7.49. The third-order valence-corrected chi connectivity index (χ3v) is 5.22. The third kappa shape index (κ3) is 5.62. The van der Waals surface area contributed by atoms with Gasteiger partial charge in [-0.25, -0.2) is 18.0 Å². The first-order valence-electron chi connectivity index (χ1n) is 10.3. The van der Waals surface area contributed by atoms with Crippen LogP contribution < -0.4 is 4.74 Å². The van der Waals surface area contributed by atoms with E-state index in [1.807, 2.05) is 12.2 Å². The number of ether oxygens (including phenoxy) is 1. The van der Waals surface area contributed by atoms with E-state index in [2.05, 4.69) is 13.0 Å². The Hall–Kier alpha value is -2.82. The van der Waals surface area contributed by atoms with Gasteiger partial charge in [0.1, 0.15) is 28.8 Å². The van der Waals surface area contributed by atoms with Gasteiger partial charge in [-0.1, -0.05) is 50.0 Å². The summed E-state index contributed by atoms with van der Waals surface area (Å²) < 4.78 is 47.0. The van der Waals surface area contributed by atoms with E-state index in [9.17, 15) is 18.0 Å². The van der Waals surface area contributed by atoms with E-state index >= 15 is 0 Å². The summed E-state index contributed by atoms with van der Waals surface area (Å²) in [6, 6.07) is 6.99. The quantitative estimate of drug-likeness (QED) is 0.258. The lowest BCUT2D eigenvalue weighted by atomic mass is 9.88. The second-order valence-corrected chi connectivity index (χ2v) is 7.49. The highest BCUT2D eigenvalue weighted by molar-refractivity contribution is 5.91. The van der Waals surface area contributed by atoms with Crippen LogP contribution >= 0.6 is 0 Å². The molecule has 0 fully saturated rings. The second kappa shape index (κ2) is 10.3. The highest BCUT2D eigenvalue weighted by atomic mass is 19.1. The molecule has 0 saturated heterocycles. The Balaban J connectivity index is 1.66. The van der Waals surface area contributed by atoms with Gasteiger partial charge in [-0.15, -0.1) is 0 Å². The number of carbonyl (C=O) groups excluding carboxylic acids is 1. The summed E-state index contributed by atoms with van der Waals surface area (Å²) in [5, 5.41) is 0. The summed E-state index contributed by atoms with van der Waals surface area (Å²) in [7, 11) is 0. The molecule has 0 bridgehead atoms. The molecule has 2 aromatic rings. The number of halogens is 3. The molecule has 0 radical (unpaired) electrons. The van der Waals surface area contributed by atoms with Crippen LogP contribution in [0.4, 0.5) is 13.2 Å². The van der Waals surface area contributed by atoms with Crippen molar-refractivity contribution in [3.8, 4) is 5.75 Å². The van der Waals surface area contributed by atoms with Crippen molar-refractivity contribution in [2.75, 3.05) is 0 Å². The number of allylic oxidation sites excluding steroid dienone is 4. The van der Waals surface area contributed by atoms with E-state index in [0.29, 0.717) is 12.0 Å². The van der Waals surface area contributed by atoms with Crippen molar-refractivity contribution in [1.29, 1.82) is 0 Å². The lowest BCUT2D eigenvalue weighted by Crippen LogP contribution is -2.14. The summed E-state index contributed by atoms with van der Waals surface area (Å²) >= 11 is 0. The number of hydrogen-bond donors (Lipinski definition) is 0. The van der Waals surface area contributed by atoms with Crippen molar-refractivity contribution >= 4 is 5.97 Å². The molecule has 0 amide bonds. The van der Waals surface area contributed by atoms with Crippen LogP contribution in [0, 0.1) is 17.5 Å². The fourth-order valence-corrected chi connectivity index (χ4v) is 3.52. The SMILES string of the molecule is CCCCCCC1=CCC(c2cc(F)c(C(=O)Oc3ccc(F)cc3)c(F)c2)C=C1. The maximum atomic E-state index is 14.6. The molecule has 0 aromatic heterocycles. The molecule has 0 saturated carbocycles. The Kier molecular flexibility index (Phi) is 7.50. The number of hydrogen-bond acceptors (Lipinski definition) is 2. The Morgan fingerprint density at radius 2 is 1.73 bits per heavy atom. The van der Waals surface area contributed by atoms with E-state index in [-0.39, 0.29) is 11.7 Å². The van der Waals surface area contributed by atoms with Crippen LogP contribution in [0.2, 0.25) is 0 Å². The first-order valence-corrected chi connectivity index (χ1v) is 10.3. The Morgan fingerprint density at radius 1 is 1.03 bits per heavy atom. The molecule has 1 unspecified atom stereocenters. The number of benzene rings is 2. The van der Waals surface area contributed by atoms with Crippen LogP contribution in [0.25, 0.3) is 0 Å². The van der Waals surface area contributed by atoms with Gasteiger partial charge >= 0.3 is 5.97 Å². The summed E-state index contributed by atoms with van der Waals surface area (Å²) in [5.41, 5.74) is 0.971. The standard InChI is InChI=1S/C25H25F3O2/c1-2-3-4-5-6-17-7-9-18(10-8-17)19-15-22(27)24(23(28)16-19)25(29)30-21-13-11-20(26)12-14-21/h7-9,11-16,18H,2-6,10H2,1H3. The molecular formula is C25H25F3O2. The molecule has 0 spiro atoms. The van der Waals surface area contributed by atoms with Crippen LogP contribution in [-0.2, 0) is 0 Å². The molecule has 3 rings (SSSR count). The average molecular weight is 414 g/mol. The van der Waals surface area contributed by atoms with Gasteiger partial charge in [0.15, 0.2) is 0 Å². The van der Waals surface area contributed by atoms with E-state index < -0.39 is 29.0 Å². The summed E-state index contributed by atoms with van der Waals surface area (Å²) in [6.07, 6.45) is 12.5. The van der Waals surface area contributed by atoms with Crippen LogP contribution in [0.3, 0.4) is 0 Å². The van der Waals surface area contributed by atoms with Crippen molar-refractivity contribution in [1.82, 2.24) is 0 Å². The minimum atomic E-state index is -1.16. The Bertz CT molecular complexity index is 922. The molecule has 0 aliphatic heterocycles. The highest BCUT2D eigenvalue weighted by Crippen LogP contribution is 2.31. The largest absolute Gasteiger partial charge is 0.423 e. The zero-order valence-electron chi connectivity index (χ0n) is 17.0. The van der Waals surface area contributed by atoms with Crippen LogP contribution in [0.1, 0.15) is 67.3 Å². The van der Waals surface area contributed by atoms with Gasteiger partial charge in [-0.05, 0) is 61.2 Å². The first kappa shape index (κ1) is 21.9. The number of unbranched alkanes of at least 4 members (excludes halogenated alkanes) is 3. The van der Waals surface area contributed by atoms with Gasteiger partial charge in [0.05, 0.1) is 0 Å². The smallest absolute Gasteiger partial charge is 0.349 e. The van der Waals surface area contributed by atoms with Gasteiger partial charge in [-0.3, -0.25) is 0 Å². The average Bonchev–Trinajstić information content (AvgIpc) is 2.73. The molecule has 1 atom stereocenters. The zero-order chi connectivity index (χ0) is 21.5. The van der Waals surface area contributed by atoms with Crippen molar-refractivity contribution < 1.29 is 22.7 Å². The lowest BCUT2D eigenvalue weighted by molar-refractivity contribution is 0.0724. The van der Waals surface area contributed by atoms with Crippen molar-refractivity contribution in [3.63, 3.8) is 0 Å².